The van der Waals surface area contributed by atoms with E-state index in [1.165, 1.54) is 12.1 Å². The molecule has 0 fully saturated rings. The van der Waals surface area contributed by atoms with Crippen molar-refractivity contribution in [3.05, 3.63) is 48.0 Å². The van der Waals surface area contributed by atoms with E-state index < -0.39 is 11.7 Å². The van der Waals surface area contributed by atoms with E-state index in [4.69, 9.17) is 4.74 Å². The fourth-order valence-electron chi connectivity index (χ4n) is 3.24. The minimum atomic E-state index is -4.38. The Kier molecular flexibility index (Phi) is 5.41. The van der Waals surface area contributed by atoms with E-state index in [0.29, 0.717) is 23.7 Å². The first kappa shape index (κ1) is 18.6. The second-order valence-corrected chi connectivity index (χ2v) is 6.28. The molecule has 2 aromatic carbocycles. The zero-order valence-electron chi connectivity index (χ0n) is 15.0. The van der Waals surface area contributed by atoms with Crippen LogP contribution >= 0.6 is 0 Å². The number of para-hydroxylation sites is 2. The predicted molar refractivity (Wildman–Crippen MR) is 97.4 cm³/mol. The van der Waals surface area contributed by atoms with Gasteiger partial charge in [-0.1, -0.05) is 26.0 Å². The van der Waals surface area contributed by atoms with Gasteiger partial charge in [-0.05, 0) is 56.4 Å². The molecule has 2 aromatic rings. The number of ether oxygens (including phenoxy) is 1. The lowest BCUT2D eigenvalue weighted by molar-refractivity contribution is -0.137. The number of hydrogen-bond donors (Lipinski definition) is 0. The smallest absolute Gasteiger partial charge is 0.416 e. The number of anilines is 2. The van der Waals surface area contributed by atoms with Crippen molar-refractivity contribution >= 4 is 11.4 Å². The topological polar surface area (TPSA) is 15.7 Å². The van der Waals surface area contributed by atoms with Crippen LogP contribution in [0.5, 0.6) is 11.5 Å². The molecule has 0 atom stereocenters. The Labute approximate surface area is 152 Å². The Morgan fingerprint density at radius 2 is 1.65 bits per heavy atom. The fraction of sp³-hybridized carbons (Fsp3) is 0.400. The third-order valence-electron chi connectivity index (χ3n) is 4.70. The molecule has 140 valence electrons. The number of hydrogen-bond acceptors (Lipinski definition) is 3. The van der Waals surface area contributed by atoms with Crippen molar-refractivity contribution < 1.29 is 17.9 Å². The molecule has 0 radical (unpaired) electrons. The van der Waals surface area contributed by atoms with Crippen molar-refractivity contribution in [3.8, 4) is 11.5 Å². The van der Waals surface area contributed by atoms with Crippen LogP contribution in [0.2, 0.25) is 0 Å². The Morgan fingerprint density at radius 1 is 0.962 bits per heavy atom. The first-order chi connectivity index (χ1) is 12.4. The normalized spacial score (nSPS) is 13.4. The average Bonchev–Trinajstić information content (AvgIpc) is 2.63. The molecule has 1 aliphatic heterocycles. The van der Waals surface area contributed by atoms with Crippen LogP contribution in [0.1, 0.15) is 25.8 Å². The first-order valence-corrected chi connectivity index (χ1v) is 8.92. The van der Waals surface area contributed by atoms with E-state index in [1.807, 2.05) is 29.2 Å². The van der Waals surface area contributed by atoms with Crippen LogP contribution in [-0.4, -0.2) is 31.1 Å². The SMILES string of the molecule is CCN(CC)CCCN1c2ccccc2Oc2ccc(C(F)(F)F)cc21. The molecular formula is C20H23F3N2O. The molecule has 1 aliphatic rings. The lowest BCUT2D eigenvalue weighted by Crippen LogP contribution is -2.29. The highest BCUT2D eigenvalue weighted by molar-refractivity contribution is 5.78. The number of fused-ring (bicyclic) bond motifs is 2. The van der Waals surface area contributed by atoms with Gasteiger partial charge in [0, 0.05) is 6.54 Å². The first-order valence-electron chi connectivity index (χ1n) is 8.92. The summed E-state index contributed by atoms with van der Waals surface area (Å²) in [4.78, 5) is 4.24. The van der Waals surface area contributed by atoms with Crippen LogP contribution in [0.25, 0.3) is 0 Å². The lowest BCUT2D eigenvalue weighted by atomic mass is 10.1. The predicted octanol–water partition coefficient (Wildman–Crippen LogP) is 5.68. The van der Waals surface area contributed by atoms with E-state index in [2.05, 4.69) is 18.7 Å². The summed E-state index contributed by atoms with van der Waals surface area (Å²) in [5, 5.41) is 0. The summed E-state index contributed by atoms with van der Waals surface area (Å²) in [6, 6.07) is 11.1. The maximum atomic E-state index is 13.2. The van der Waals surface area contributed by atoms with Gasteiger partial charge >= 0.3 is 6.18 Å². The molecule has 26 heavy (non-hydrogen) atoms. The zero-order chi connectivity index (χ0) is 18.7. The van der Waals surface area contributed by atoms with E-state index in [-0.39, 0.29) is 0 Å². The summed E-state index contributed by atoms with van der Waals surface area (Å²) in [6.45, 7) is 7.68. The van der Waals surface area contributed by atoms with E-state index in [1.54, 1.807) is 0 Å². The van der Waals surface area contributed by atoms with Gasteiger partial charge in [-0.25, -0.2) is 0 Å². The van der Waals surface area contributed by atoms with Crippen LogP contribution < -0.4 is 9.64 Å². The van der Waals surface area contributed by atoms with Crippen LogP contribution in [-0.2, 0) is 6.18 Å². The summed E-state index contributed by atoms with van der Waals surface area (Å²) in [5.41, 5.74) is 0.616. The summed E-state index contributed by atoms with van der Waals surface area (Å²) in [5.74, 6) is 1.13. The molecule has 3 rings (SSSR count). The lowest BCUT2D eigenvalue weighted by Gasteiger charge is -2.33. The van der Waals surface area contributed by atoms with Gasteiger partial charge in [0.15, 0.2) is 11.5 Å². The van der Waals surface area contributed by atoms with E-state index >= 15 is 0 Å². The van der Waals surface area contributed by atoms with Gasteiger partial charge < -0.3 is 14.5 Å². The summed E-state index contributed by atoms with van der Waals surface area (Å²) in [7, 11) is 0. The van der Waals surface area contributed by atoms with Gasteiger partial charge in [0.1, 0.15) is 0 Å². The second-order valence-electron chi connectivity index (χ2n) is 6.28. The molecule has 0 saturated carbocycles. The molecule has 1 heterocycles. The molecule has 0 aromatic heterocycles. The monoisotopic (exact) mass is 364 g/mol. The van der Waals surface area contributed by atoms with Gasteiger partial charge in [0.25, 0.3) is 0 Å². The minimum absolute atomic E-state index is 0.458. The molecule has 0 amide bonds. The summed E-state index contributed by atoms with van der Waals surface area (Å²) < 4.78 is 45.3. The molecular weight excluding hydrogens is 341 g/mol. The summed E-state index contributed by atoms with van der Waals surface area (Å²) >= 11 is 0. The van der Waals surface area contributed by atoms with Crippen LogP contribution in [0.3, 0.4) is 0 Å². The van der Waals surface area contributed by atoms with Crippen LogP contribution in [0.15, 0.2) is 42.5 Å². The number of nitrogens with zero attached hydrogens (tertiary/aromatic N) is 2. The highest BCUT2D eigenvalue weighted by Gasteiger charge is 2.33. The largest absolute Gasteiger partial charge is 0.453 e. The minimum Gasteiger partial charge on any atom is -0.453 e. The van der Waals surface area contributed by atoms with Crippen molar-refractivity contribution in [1.82, 2.24) is 4.90 Å². The number of rotatable bonds is 6. The van der Waals surface area contributed by atoms with Gasteiger partial charge in [-0.15, -0.1) is 0 Å². The van der Waals surface area contributed by atoms with Crippen molar-refractivity contribution in [2.24, 2.45) is 0 Å². The Morgan fingerprint density at radius 3 is 2.35 bits per heavy atom. The maximum Gasteiger partial charge on any atom is 0.416 e. The number of halogens is 3. The molecule has 0 unspecified atom stereocenters. The number of alkyl halides is 3. The van der Waals surface area contributed by atoms with Crippen molar-refractivity contribution in [1.29, 1.82) is 0 Å². The molecule has 0 saturated heterocycles. The average molecular weight is 364 g/mol. The second kappa shape index (κ2) is 7.58. The maximum absolute atomic E-state index is 13.2. The van der Waals surface area contributed by atoms with Gasteiger partial charge in [0.2, 0.25) is 0 Å². The Balaban J connectivity index is 1.91. The van der Waals surface area contributed by atoms with Gasteiger partial charge in [-0.2, -0.15) is 13.2 Å². The number of benzene rings is 2. The molecule has 6 heteroatoms. The quantitative estimate of drug-likeness (QED) is 0.656. The highest BCUT2D eigenvalue weighted by Crippen LogP contribution is 2.48. The third kappa shape index (κ3) is 3.80. The molecule has 0 aliphatic carbocycles. The standard InChI is InChI=1S/C20H23F3N2O/c1-3-24(4-2)12-7-13-25-16-8-5-6-9-18(16)26-19-11-10-15(14-17(19)25)20(21,22)23/h5-6,8-11,14H,3-4,7,12-13H2,1-2H3. The van der Waals surface area contributed by atoms with E-state index in [0.717, 1.165) is 37.8 Å². The van der Waals surface area contributed by atoms with Crippen LogP contribution in [0.4, 0.5) is 24.5 Å². The van der Waals surface area contributed by atoms with Gasteiger partial charge in [-0.3, -0.25) is 0 Å². The highest BCUT2D eigenvalue weighted by atomic mass is 19.4. The van der Waals surface area contributed by atoms with Crippen LogP contribution in [0, 0.1) is 0 Å². The molecule has 3 nitrogen and oxygen atoms in total. The summed E-state index contributed by atoms with van der Waals surface area (Å²) in [6.07, 6.45) is -3.52. The third-order valence-corrected chi connectivity index (χ3v) is 4.70. The molecule has 0 bridgehead atoms. The molecule has 0 N–H and O–H groups in total. The van der Waals surface area contributed by atoms with Gasteiger partial charge in [0.05, 0.1) is 16.9 Å². The fourth-order valence-corrected chi connectivity index (χ4v) is 3.24. The van der Waals surface area contributed by atoms with E-state index in [9.17, 15) is 13.2 Å². The Bertz CT molecular complexity index is 757. The molecule has 0 spiro atoms. The van der Waals surface area contributed by atoms with Crippen molar-refractivity contribution in [3.63, 3.8) is 0 Å². The van der Waals surface area contributed by atoms with Crippen molar-refractivity contribution in [2.75, 3.05) is 31.1 Å². The zero-order valence-corrected chi connectivity index (χ0v) is 15.0. The Hall–Kier alpha value is -2.21. The van der Waals surface area contributed by atoms with Crippen molar-refractivity contribution in [2.45, 2.75) is 26.4 Å².